The van der Waals surface area contributed by atoms with Gasteiger partial charge in [0.2, 0.25) is 0 Å². The SMILES string of the molecule is CCn1c(C)nnc1CN[C@@H](C)c1nc(-c2ccccc2)cs1. The first-order valence-electron chi connectivity index (χ1n) is 7.82. The fourth-order valence-electron chi connectivity index (χ4n) is 2.53. The van der Waals surface area contributed by atoms with Gasteiger partial charge in [-0.15, -0.1) is 21.5 Å². The van der Waals surface area contributed by atoms with E-state index in [0.29, 0.717) is 6.54 Å². The minimum Gasteiger partial charge on any atom is -0.314 e. The molecule has 0 spiro atoms. The van der Waals surface area contributed by atoms with Gasteiger partial charge in [-0.1, -0.05) is 30.3 Å². The Balaban J connectivity index is 1.67. The summed E-state index contributed by atoms with van der Waals surface area (Å²) in [6.07, 6.45) is 0. The van der Waals surface area contributed by atoms with Crippen LogP contribution >= 0.6 is 11.3 Å². The third kappa shape index (κ3) is 3.48. The van der Waals surface area contributed by atoms with Crippen molar-refractivity contribution in [2.45, 2.75) is 39.9 Å². The molecule has 1 atom stereocenters. The predicted octanol–water partition coefficient (Wildman–Crippen LogP) is 3.58. The molecule has 2 heterocycles. The van der Waals surface area contributed by atoms with Crippen LogP contribution in [0.2, 0.25) is 0 Å². The van der Waals surface area contributed by atoms with Crippen LogP contribution in [0.4, 0.5) is 0 Å². The zero-order chi connectivity index (χ0) is 16.2. The molecule has 0 bridgehead atoms. The zero-order valence-corrected chi connectivity index (χ0v) is 14.5. The molecule has 5 nitrogen and oxygen atoms in total. The number of rotatable bonds is 6. The smallest absolute Gasteiger partial charge is 0.147 e. The Hall–Kier alpha value is -2.05. The second-order valence-electron chi connectivity index (χ2n) is 5.45. The third-order valence-corrected chi connectivity index (χ3v) is 4.88. The molecule has 3 rings (SSSR count). The van der Waals surface area contributed by atoms with E-state index in [1.165, 1.54) is 0 Å². The second kappa shape index (κ2) is 7.02. The van der Waals surface area contributed by atoms with Crippen LogP contribution in [-0.4, -0.2) is 19.7 Å². The third-order valence-electron chi connectivity index (χ3n) is 3.86. The summed E-state index contributed by atoms with van der Waals surface area (Å²) in [4.78, 5) is 4.75. The number of nitrogens with zero attached hydrogens (tertiary/aromatic N) is 4. The van der Waals surface area contributed by atoms with Crippen molar-refractivity contribution in [3.05, 3.63) is 52.4 Å². The summed E-state index contributed by atoms with van der Waals surface area (Å²) in [7, 11) is 0. The molecule has 3 aromatic rings. The van der Waals surface area contributed by atoms with Gasteiger partial charge in [-0.2, -0.15) is 0 Å². The van der Waals surface area contributed by atoms with Gasteiger partial charge in [-0.05, 0) is 20.8 Å². The van der Waals surface area contributed by atoms with Crippen LogP contribution in [0.3, 0.4) is 0 Å². The van der Waals surface area contributed by atoms with E-state index < -0.39 is 0 Å². The van der Waals surface area contributed by atoms with Crippen LogP contribution in [-0.2, 0) is 13.1 Å². The van der Waals surface area contributed by atoms with Crippen molar-refractivity contribution < 1.29 is 0 Å². The van der Waals surface area contributed by atoms with E-state index in [1.807, 2.05) is 25.1 Å². The molecular weight excluding hydrogens is 306 g/mol. The maximum Gasteiger partial charge on any atom is 0.147 e. The van der Waals surface area contributed by atoms with Crippen molar-refractivity contribution in [3.8, 4) is 11.3 Å². The Morgan fingerprint density at radius 2 is 2.00 bits per heavy atom. The summed E-state index contributed by atoms with van der Waals surface area (Å²) in [5.41, 5.74) is 2.19. The number of hydrogen-bond donors (Lipinski definition) is 1. The molecule has 2 aromatic heterocycles. The van der Waals surface area contributed by atoms with Crippen molar-refractivity contribution in [3.63, 3.8) is 0 Å². The molecule has 6 heteroatoms. The lowest BCUT2D eigenvalue weighted by Crippen LogP contribution is -2.20. The Morgan fingerprint density at radius 3 is 2.74 bits per heavy atom. The van der Waals surface area contributed by atoms with Crippen molar-refractivity contribution >= 4 is 11.3 Å². The highest BCUT2D eigenvalue weighted by Crippen LogP contribution is 2.25. The number of benzene rings is 1. The molecule has 0 aliphatic carbocycles. The van der Waals surface area contributed by atoms with Crippen molar-refractivity contribution in [1.82, 2.24) is 25.1 Å². The number of hydrogen-bond acceptors (Lipinski definition) is 5. The van der Waals surface area contributed by atoms with Crippen LogP contribution in [0.15, 0.2) is 35.7 Å². The Morgan fingerprint density at radius 1 is 1.22 bits per heavy atom. The van der Waals surface area contributed by atoms with Gasteiger partial charge >= 0.3 is 0 Å². The molecule has 0 unspecified atom stereocenters. The van der Waals surface area contributed by atoms with Gasteiger partial charge in [-0.3, -0.25) is 0 Å². The zero-order valence-electron chi connectivity index (χ0n) is 13.7. The van der Waals surface area contributed by atoms with Gasteiger partial charge in [-0.25, -0.2) is 4.98 Å². The minimum absolute atomic E-state index is 0.180. The highest BCUT2D eigenvalue weighted by molar-refractivity contribution is 7.10. The van der Waals surface area contributed by atoms with E-state index in [-0.39, 0.29) is 6.04 Å². The fraction of sp³-hybridized carbons (Fsp3) is 0.353. The Labute approximate surface area is 140 Å². The fourth-order valence-corrected chi connectivity index (χ4v) is 3.39. The van der Waals surface area contributed by atoms with Crippen LogP contribution in [0, 0.1) is 6.92 Å². The lowest BCUT2D eigenvalue weighted by atomic mass is 10.2. The first-order chi connectivity index (χ1) is 11.2. The van der Waals surface area contributed by atoms with Gasteiger partial charge in [0.15, 0.2) is 0 Å². The number of thiazole rings is 1. The molecule has 0 saturated heterocycles. The van der Waals surface area contributed by atoms with Gasteiger partial charge in [0.25, 0.3) is 0 Å². The van der Waals surface area contributed by atoms with Crippen LogP contribution in [0.5, 0.6) is 0 Å². The van der Waals surface area contributed by atoms with Crippen molar-refractivity contribution in [1.29, 1.82) is 0 Å². The first kappa shape index (κ1) is 15.8. The van der Waals surface area contributed by atoms with Crippen molar-refractivity contribution in [2.75, 3.05) is 0 Å². The first-order valence-corrected chi connectivity index (χ1v) is 8.70. The average molecular weight is 327 g/mol. The monoisotopic (exact) mass is 327 g/mol. The number of aryl methyl sites for hydroxylation is 1. The maximum absolute atomic E-state index is 4.75. The quantitative estimate of drug-likeness (QED) is 0.752. The molecule has 23 heavy (non-hydrogen) atoms. The second-order valence-corrected chi connectivity index (χ2v) is 6.34. The molecule has 0 aliphatic heterocycles. The molecule has 0 fully saturated rings. The summed E-state index contributed by atoms with van der Waals surface area (Å²) < 4.78 is 2.12. The lowest BCUT2D eigenvalue weighted by molar-refractivity contribution is 0.536. The van der Waals surface area contributed by atoms with Crippen LogP contribution in [0.25, 0.3) is 11.3 Å². The van der Waals surface area contributed by atoms with Crippen molar-refractivity contribution in [2.24, 2.45) is 0 Å². The minimum atomic E-state index is 0.180. The average Bonchev–Trinajstić information content (AvgIpc) is 3.20. The maximum atomic E-state index is 4.75. The van der Waals surface area contributed by atoms with Gasteiger partial charge in [0, 0.05) is 17.5 Å². The van der Waals surface area contributed by atoms with Crippen LogP contribution in [0.1, 0.15) is 36.5 Å². The predicted molar refractivity (Wildman–Crippen MR) is 93.2 cm³/mol. The highest BCUT2D eigenvalue weighted by atomic mass is 32.1. The summed E-state index contributed by atoms with van der Waals surface area (Å²) in [5.74, 6) is 1.93. The Bertz CT molecular complexity index is 762. The molecule has 1 aromatic carbocycles. The molecular formula is C17H21N5S. The number of nitrogens with one attached hydrogen (secondary N) is 1. The number of aromatic nitrogens is 4. The summed E-state index contributed by atoms with van der Waals surface area (Å²) in [6.45, 7) is 7.80. The Kier molecular flexibility index (Phi) is 4.83. The van der Waals surface area contributed by atoms with E-state index in [0.717, 1.165) is 34.5 Å². The largest absolute Gasteiger partial charge is 0.314 e. The summed E-state index contributed by atoms with van der Waals surface area (Å²) in [6, 6.07) is 10.4. The van der Waals surface area contributed by atoms with E-state index >= 15 is 0 Å². The van der Waals surface area contributed by atoms with Gasteiger partial charge in [0.1, 0.15) is 16.7 Å². The van der Waals surface area contributed by atoms with E-state index in [4.69, 9.17) is 4.98 Å². The lowest BCUT2D eigenvalue weighted by Gasteiger charge is -2.11. The van der Waals surface area contributed by atoms with E-state index in [2.05, 4.69) is 51.4 Å². The van der Waals surface area contributed by atoms with E-state index in [1.54, 1.807) is 11.3 Å². The topological polar surface area (TPSA) is 55.6 Å². The molecule has 0 aliphatic rings. The summed E-state index contributed by atoms with van der Waals surface area (Å²) in [5, 5.41) is 15.1. The molecule has 1 N–H and O–H groups in total. The van der Waals surface area contributed by atoms with Gasteiger partial charge < -0.3 is 9.88 Å². The molecule has 0 amide bonds. The van der Waals surface area contributed by atoms with Crippen LogP contribution < -0.4 is 5.32 Å². The normalized spacial score (nSPS) is 12.5. The van der Waals surface area contributed by atoms with E-state index in [9.17, 15) is 0 Å². The van der Waals surface area contributed by atoms with Gasteiger partial charge in [0.05, 0.1) is 18.3 Å². The summed E-state index contributed by atoms with van der Waals surface area (Å²) >= 11 is 1.69. The highest BCUT2D eigenvalue weighted by Gasteiger charge is 2.13. The molecule has 0 radical (unpaired) electrons. The standard InChI is InChI=1S/C17H21N5S/c1-4-22-13(3)20-21-16(22)10-18-12(2)17-19-15(11-23-17)14-8-6-5-7-9-14/h5-9,11-12,18H,4,10H2,1-3H3/t12-/m0/s1. The molecule has 0 saturated carbocycles. The molecule has 120 valence electrons.